The first-order chi connectivity index (χ1) is 9.27. The van der Waals surface area contributed by atoms with Crippen molar-refractivity contribution in [2.24, 2.45) is 0 Å². The Balaban J connectivity index is 2.07. The quantitative estimate of drug-likeness (QED) is 0.892. The third kappa shape index (κ3) is 2.30. The molecule has 0 amide bonds. The van der Waals surface area contributed by atoms with Crippen LogP contribution in [-0.4, -0.2) is 16.1 Å². The van der Waals surface area contributed by atoms with E-state index in [1.807, 2.05) is 0 Å². The molecule has 0 bridgehead atoms. The molecule has 100 valence electrons. The lowest BCUT2D eigenvalue weighted by atomic mass is 10.0. The van der Waals surface area contributed by atoms with E-state index in [0.29, 0.717) is 6.04 Å². The first-order valence-corrected chi connectivity index (χ1v) is 7.12. The monoisotopic (exact) mass is 255 g/mol. The van der Waals surface area contributed by atoms with E-state index in [1.54, 1.807) is 0 Å². The molecule has 3 heteroatoms. The lowest BCUT2D eigenvalue weighted by Crippen LogP contribution is -2.29. The minimum Gasteiger partial charge on any atom is -0.307 e. The van der Waals surface area contributed by atoms with Gasteiger partial charge in [0.25, 0.3) is 0 Å². The highest BCUT2D eigenvalue weighted by atomic mass is 15.1. The van der Waals surface area contributed by atoms with Gasteiger partial charge < -0.3 is 5.32 Å². The molecule has 0 radical (unpaired) electrons. The van der Waals surface area contributed by atoms with Crippen molar-refractivity contribution < 1.29 is 0 Å². The topological polar surface area (TPSA) is 29.9 Å². The second-order valence-electron chi connectivity index (χ2n) is 5.31. The second-order valence-corrected chi connectivity index (χ2v) is 5.31. The van der Waals surface area contributed by atoms with Crippen molar-refractivity contribution in [1.82, 2.24) is 14.9 Å². The van der Waals surface area contributed by atoms with E-state index >= 15 is 0 Å². The molecule has 1 aliphatic rings. The zero-order valence-electron chi connectivity index (χ0n) is 11.7. The fourth-order valence-corrected chi connectivity index (χ4v) is 2.85. The number of aryl methyl sites for hydroxylation is 1. The summed E-state index contributed by atoms with van der Waals surface area (Å²) in [4.78, 5) is 4.81. The van der Waals surface area contributed by atoms with Crippen molar-refractivity contribution in [3.05, 3.63) is 47.5 Å². The molecule has 0 spiro atoms. The highest BCUT2D eigenvalue weighted by Crippen LogP contribution is 2.27. The number of hydrogen-bond donors (Lipinski definition) is 1. The Morgan fingerprint density at radius 2 is 1.95 bits per heavy atom. The minimum absolute atomic E-state index is 0.390. The van der Waals surface area contributed by atoms with Crippen LogP contribution in [0.25, 0.3) is 5.69 Å². The molecule has 1 unspecified atom stereocenters. The van der Waals surface area contributed by atoms with Crippen LogP contribution in [0.3, 0.4) is 0 Å². The fraction of sp³-hybridized carbons (Fsp3) is 0.438. The van der Waals surface area contributed by atoms with Crippen LogP contribution in [0.1, 0.15) is 42.5 Å². The summed E-state index contributed by atoms with van der Waals surface area (Å²) in [6, 6.07) is 10.9. The Labute approximate surface area is 114 Å². The molecule has 1 aromatic carbocycles. The Morgan fingerprint density at radius 1 is 1.16 bits per heavy atom. The highest BCUT2D eigenvalue weighted by Gasteiger charge is 2.22. The van der Waals surface area contributed by atoms with E-state index in [0.717, 1.165) is 12.2 Å². The number of aromatic nitrogens is 2. The molecular weight excluding hydrogens is 234 g/mol. The zero-order chi connectivity index (χ0) is 13.2. The van der Waals surface area contributed by atoms with Gasteiger partial charge in [0.1, 0.15) is 5.82 Å². The number of rotatable bonds is 2. The van der Waals surface area contributed by atoms with E-state index < -0.39 is 0 Å². The summed E-state index contributed by atoms with van der Waals surface area (Å²) in [6.07, 6.45) is 3.75. The van der Waals surface area contributed by atoms with E-state index in [-0.39, 0.29) is 0 Å². The van der Waals surface area contributed by atoms with Gasteiger partial charge in [-0.25, -0.2) is 4.98 Å². The van der Waals surface area contributed by atoms with Gasteiger partial charge in [-0.15, -0.1) is 0 Å². The minimum atomic E-state index is 0.390. The molecule has 1 saturated heterocycles. The molecule has 1 aliphatic heterocycles. The van der Waals surface area contributed by atoms with Gasteiger partial charge in [-0.3, -0.25) is 4.57 Å². The normalized spacial score (nSPS) is 19.6. The third-order valence-corrected chi connectivity index (χ3v) is 4.01. The summed E-state index contributed by atoms with van der Waals surface area (Å²) in [6.45, 7) is 5.35. The number of hydrogen-bond acceptors (Lipinski definition) is 2. The lowest BCUT2D eigenvalue weighted by molar-refractivity contribution is 0.394. The number of nitrogens with zero attached hydrogens (tertiary/aromatic N) is 2. The molecule has 1 N–H and O–H groups in total. The fourth-order valence-electron chi connectivity index (χ4n) is 2.85. The average Bonchev–Trinajstić information content (AvgIpc) is 2.77. The summed E-state index contributed by atoms with van der Waals surface area (Å²) < 4.78 is 2.30. The molecule has 2 heterocycles. The molecule has 1 atom stereocenters. The molecule has 2 aromatic rings. The van der Waals surface area contributed by atoms with Crippen molar-refractivity contribution in [3.8, 4) is 5.69 Å². The molecule has 1 aromatic heterocycles. The summed E-state index contributed by atoms with van der Waals surface area (Å²) in [5, 5.41) is 3.60. The van der Waals surface area contributed by atoms with Crippen LogP contribution in [0.4, 0.5) is 0 Å². The van der Waals surface area contributed by atoms with Crippen LogP contribution in [0.2, 0.25) is 0 Å². The highest BCUT2D eigenvalue weighted by molar-refractivity contribution is 5.37. The maximum absolute atomic E-state index is 4.81. The third-order valence-electron chi connectivity index (χ3n) is 4.01. The van der Waals surface area contributed by atoms with Crippen LogP contribution < -0.4 is 5.32 Å². The smallest absolute Gasteiger partial charge is 0.130 e. The van der Waals surface area contributed by atoms with Crippen molar-refractivity contribution >= 4 is 0 Å². The maximum atomic E-state index is 4.81. The predicted octanol–water partition coefficient (Wildman–Crippen LogP) is 3.30. The largest absolute Gasteiger partial charge is 0.307 e. The molecule has 3 nitrogen and oxygen atoms in total. The van der Waals surface area contributed by atoms with Crippen molar-refractivity contribution in [2.75, 3.05) is 6.54 Å². The van der Waals surface area contributed by atoms with Gasteiger partial charge in [-0.05, 0) is 45.4 Å². The Kier molecular flexibility index (Phi) is 3.38. The summed E-state index contributed by atoms with van der Waals surface area (Å²) >= 11 is 0. The maximum Gasteiger partial charge on any atom is 0.130 e. The summed E-state index contributed by atoms with van der Waals surface area (Å²) in [7, 11) is 0. The number of benzene rings is 1. The number of para-hydroxylation sites is 1. The lowest BCUT2D eigenvalue weighted by Gasteiger charge is -2.24. The molecule has 1 fully saturated rings. The number of nitrogens with one attached hydrogen (secondary N) is 1. The Hall–Kier alpha value is -1.61. The standard InChI is InChI=1S/C16H21N3/c1-12-13(2)19(14-8-4-3-5-9-14)16(18-12)15-10-6-7-11-17-15/h3-5,8-9,15,17H,6-7,10-11H2,1-2H3. The Bertz CT molecular complexity index is 551. The second kappa shape index (κ2) is 5.17. The van der Waals surface area contributed by atoms with Gasteiger partial charge in [0, 0.05) is 11.4 Å². The van der Waals surface area contributed by atoms with Crippen molar-refractivity contribution in [1.29, 1.82) is 0 Å². The van der Waals surface area contributed by atoms with E-state index in [9.17, 15) is 0 Å². The summed E-state index contributed by atoms with van der Waals surface area (Å²) in [5.41, 5.74) is 3.59. The van der Waals surface area contributed by atoms with Gasteiger partial charge in [0.05, 0.1) is 11.7 Å². The SMILES string of the molecule is Cc1nc(C2CCCCN2)n(-c2ccccc2)c1C. The molecule has 0 aliphatic carbocycles. The molecular formula is C16H21N3. The van der Waals surface area contributed by atoms with Gasteiger partial charge in [-0.2, -0.15) is 0 Å². The van der Waals surface area contributed by atoms with Crippen molar-refractivity contribution in [3.63, 3.8) is 0 Å². The average molecular weight is 255 g/mol. The molecule has 0 saturated carbocycles. The van der Waals surface area contributed by atoms with E-state index in [2.05, 4.69) is 54.1 Å². The zero-order valence-corrected chi connectivity index (χ0v) is 11.7. The van der Waals surface area contributed by atoms with E-state index in [1.165, 1.54) is 36.5 Å². The molecule has 19 heavy (non-hydrogen) atoms. The van der Waals surface area contributed by atoms with E-state index in [4.69, 9.17) is 4.98 Å². The van der Waals surface area contributed by atoms with Gasteiger partial charge >= 0.3 is 0 Å². The Morgan fingerprint density at radius 3 is 2.63 bits per heavy atom. The van der Waals surface area contributed by atoms with Crippen LogP contribution in [0, 0.1) is 13.8 Å². The first-order valence-electron chi connectivity index (χ1n) is 7.12. The van der Waals surface area contributed by atoms with Gasteiger partial charge in [0.2, 0.25) is 0 Å². The number of piperidine rings is 1. The van der Waals surface area contributed by atoms with Crippen LogP contribution in [0.15, 0.2) is 30.3 Å². The number of imidazole rings is 1. The van der Waals surface area contributed by atoms with Crippen molar-refractivity contribution in [2.45, 2.75) is 39.2 Å². The predicted molar refractivity (Wildman–Crippen MR) is 77.6 cm³/mol. The first kappa shape index (κ1) is 12.4. The summed E-state index contributed by atoms with van der Waals surface area (Å²) in [5.74, 6) is 1.17. The van der Waals surface area contributed by atoms with Crippen LogP contribution >= 0.6 is 0 Å². The van der Waals surface area contributed by atoms with Gasteiger partial charge in [0.15, 0.2) is 0 Å². The van der Waals surface area contributed by atoms with Gasteiger partial charge in [-0.1, -0.05) is 24.6 Å². The van der Waals surface area contributed by atoms with Crippen LogP contribution in [-0.2, 0) is 0 Å². The molecule has 3 rings (SSSR count). The van der Waals surface area contributed by atoms with Crippen LogP contribution in [0.5, 0.6) is 0 Å².